The third-order valence-corrected chi connectivity index (χ3v) is 5.48. The summed E-state index contributed by atoms with van der Waals surface area (Å²) >= 11 is 6.60. The number of rotatable bonds is 8. The summed E-state index contributed by atoms with van der Waals surface area (Å²) in [4.78, 5) is 24.3. The Morgan fingerprint density at radius 3 is 2.70 bits per heavy atom. The zero-order valence-corrected chi connectivity index (χ0v) is 20.4. The monoisotopic (exact) mass is 586 g/mol. The second-order valence-electron chi connectivity index (χ2n) is 6.60. The van der Waals surface area contributed by atoms with Crippen molar-refractivity contribution in [3.63, 3.8) is 0 Å². The summed E-state index contributed by atoms with van der Waals surface area (Å²) in [5.74, 6) is 0.0502. The fraction of sp³-hybridized carbons (Fsp3) is 0.238. The molecule has 10 nitrogen and oxygen atoms in total. The van der Waals surface area contributed by atoms with Crippen LogP contribution in [0.4, 0.5) is 10.5 Å². The van der Waals surface area contributed by atoms with E-state index in [-0.39, 0.29) is 24.7 Å². The Kier molecular flexibility index (Phi) is 8.55. The number of fused-ring (bicyclic) bond motifs is 1. The number of amides is 2. The molecule has 0 spiro atoms. The van der Waals surface area contributed by atoms with Gasteiger partial charge in [-0.3, -0.25) is 15.3 Å². The summed E-state index contributed by atoms with van der Waals surface area (Å²) in [6.07, 6.45) is -0.672. The quantitative estimate of drug-likeness (QED) is 0.203. The first-order chi connectivity index (χ1) is 15.8. The van der Waals surface area contributed by atoms with Crippen LogP contribution in [0.1, 0.15) is 18.6 Å². The van der Waals surface area contributed by atoms with Crippen molar-refractivity contribution in [2.24, 2.45) is 0 Å². The highest BCUT2D eigenvalue weighted by Gasteiger charge is 2.30. The molecule has 1 aliphatic heterocycles. The molecule has 33 heavy (non-hydrogen) atoms. The molecular formula is C21H20Br2N2O8. The standard InChI is InChI=1S/C21H20Br2N2O8/c1-2-30-16(5-6-18(26)25-29)20(13-7-11(22)8-14(23)19(13)27)33-21(28)24-12-3-4-15-17(9-12)32-10-31-15/h3-9,16,20,27,29H,2,10H2,1H3,(H,24,28)(H,25,26)/b6-5+/t16-,20-/m1/s1. The summed E-state index contributed by atoms with van der Waals surface area (Å²) in [6, 6.07) is 8.02. The molecule has 0 saturated heterocycles. The number of hydroxylamine groups is 1. The van der Waals surface area contributed by atoms with Gasteiger partial charge in [0.2, 0.25) is 6.79 Å². The maximum atomic E-state index is 12.8. The van der Waals surface area contributed by atoms with Crippen LogP contribution in [0.3, 0.4) is 0 Å². The maximum Gasteiger partial charge on any atom is 0.412 e. The van der Waals surface area contributed by atoms with Gasteiger partial charge < -0.3 is 24.1 Å². The molecule has 2 amide bonds. The van der Waals surface area contributed by atoms with Gasteiger partial charge in [0, 0.05) is 34.5 Å². The number of phenols is 1. The molecule has 1 aliphatic rings. The van der Waals surface area contributed by atoms with E-state index in [9.17, 15) is 14.7 Å². The molecular weight excluding hydrogens is 568 g/mol. The number of ether oxygens (including phenoxy) is 4. The van der Waals surface area contributed by atoms with E-state index in [2.05, 4.69) is 37.2 Å². The fourth-order valence-electron chi connectivity index (χ4n) is 3.00. The number of phenolic OH excluding ortho intramolecular Hbond substituents is 1. The van der Waals surface area contributed by atoms with Crippen molar-refractivity contribution >= 4 is 49.5 Å². The van der Waals surface area contributed by atoms with E-state index < -0.39 is 24.2 Å². The number of carbonyl (C=O) groups excluding carboxylic acids is 2. The number of hydrogen-bond acceptors (Lipinski definition) is 8. The molecule has 3 rings (SSSR count). The lowest BCUT2D eigenvalue weighted by Gasteiger charge is -2.26. The predicted molar refractivity (Wildman–Crippen MR) is 123 cm³/mol. The minimum Gasteiger partial charge on any atom is -0.506 e. The van der Waals surface area contributed by atoms with Crippen LogP contribution in [0.5, 0.6) is 17.2 Å². The largest absolute Gasteiger partial charge is 0.506 e. The zero-order chi connectivity index (χ0) is 24.0. The van der Waals surface area contributed by atoms with Crippen LogP contribution in [0.2, 0.25) is 0 Å². The first-order valence-corrected chi connectivity index (χ1v) is 11.2. The molecule has 12 heteroatoms. The van der Waals surface area contributed by atoms with Gasteiger partial charge >= 0.3 is 6.09 Å². The van der Waals surface area contributed by atoms with Crippen molar-refractivity contribution in [3.8, 4) is 17.2 Å². The van der Waals surface area contributed by atoms with E-state index in [4.69, 9.17) is 24.2 Å². The Labute approximate surface area is 205 Å². The van der Waals surface area contributed by atoms with Crippen LogP contribution >= 0.6 is 31.9 Å². The lowest BCUT2D eigenvalue weighted by molar-refractivity contribution is -0.124. The molecule has 0 aromatic heterocycles. The minimum absolute atomic E-state index is 0.0894. The van der Waals surface area contributed by atoms with Crippen LogP contribution in [-0.2, 0) is 14.3 Å². The number of benzene rings is 2. The number of nitrogens with one attached hydrogen (secondary N) is 2. The van der Waals surface area contributed by atoms with E-state index >= 15 is 0 Å². The van der Waals surface area contributed by atoms with Gasteiger partial charge in [-0.15, -0.1) is 0 Å². The van der Waals surface area contributed by atoms with Gasteiger partial charge in [-0.1, -0.05) is 15.9 Å². The third kappa shape index (κ3) is 6.38. The van der Waals surface area contributed by atoms with Gasteiger partial charge in [0.1, 0.15) is 11.9 Å². The summed E-state index contributed by atoms with van der Waals surface area (Å²) in [5.41, 5.74) is 2.08. The second-order valence-corrected chi connectivity index (χ2v) is 8.37. The van der Waals surface area contributed by atoms with Gasteiger partial charge in [-0.05, 0) is 53.2 Å². The number of anilines is 1. The van der Waals surface area contributed by atoms with Crippen LogP contribution in [0.15, 0.2) is 51.4 Å². The number of carbonyl (C=O) groups is 2. The Morgan fingerprint density at radius 2 is 1.97 bits per heavy atom. The van der Waals surface area contributed by atoms with Gasteiger partial charge in [0.15, 0.2) is 17.6 Å². The highest BCUT2D eigenvalue weighted by Crippen LogP contribution is 2.39. The summed E-state index contributed by atoms with van der Waals surface area (Å²) in [6.45, 7) is 2.01. The normalized spacial score (nSPS) is 14.1. The van der Waals surface area contributed by atoms with Gasteiger partial charge in [0.25, 0.3) is 5.91 Å². The molecule has 0 radical (unpaired) electrons. The van der Waals surface area contributed by atoms with E-state index in [0.29, 0.717) is 26.1 Å². The number of aromatic hydroxyl groups is 1. The van der Waals surface area contributed by atoms with Crippen LogP contribution < -0.4 is 20.3 Å². The molecule has 176 valence electrons. The molecule has 2 atom stereocenters. The van der Waals surface area contributed by atoms with Crippen LogP contribution in [-0.4, -0.2) is 41.8 Å². The van der Waals surface area contributed by atoms with E-state index in [0.717, 1.165) is 6.08 Å². The molecule has 2 aromatic rings. The number of hydrogen-bond donors (Lipinski definition) is 4. The summed E-state index contributed by atoms with van der Waals surface area (Å²) < 4.78 is 22.8. The van der Waals surface area contributed by atoms with Gasteiger partial charge in [0.05, 0.1) is 4.47 Å². The van der Waals surface area contributed by atoms with Crippen molar-refractivity contribution in [1.29, 1.82) is 0 Å². The van der Waals surface area contributed by atoms with Crippen molar-refractivity contribution in [1.82, 2.24) is 5.48 Å². The summed E-state index contributed by atoms with van der Waals surface area (Å²) in [5, 5.41) is 22.0. The third-order valence-electron chi connectivity index (χ3n) is 4.42. The molecule has 2 aromatic carbocycles. The van der Waals surface area contributed by atoms with Crippen molar-refractivity contribution in [2.45, 2.75) is 19.1 Å². The average molecular weight is 588 g/mol. The Hall–Kier alpha value is -2.80. The highest BCUT2D eigenvalue weighted by atomic mass is 79.9. The molecule has 0 unspecified atom stereocenters. The van der Waals surface area contributed by atoms with E-state index in [1.807, 2.05) is 0 Å². The Bertz CT molecular complexity index is 1060. The lowest BCUT2D eigenvalue weighted by Crippen LogP contribution is -2.28. The zero-order valence-electron chi connectivity index (χ0n) is 17.2. The Balaban J connectivity index is 1.91. The molecule has 0 fully saturated rings. The fourth-order valence-corrected chi connectivity index (χ4v) is 4.26. The second kappa shape index (κ2) is 11.4. The van der Waals surface area contributed by atoms with Crippen LogP contribution in [0, 0.1) is 0 Å². The predicted octanol–water partition coefficient (Wildman–Crippen LogP) is 4.40. The molecule has 0 saturated carbocycles. The highest BCUT2D eigenvalue weighted by molar-refractivity contribution is 9.11. The summed E-state index contributed by atoms with van der Waals surface area (Å²) in [7, 11) is 0. The first-order valence-electron chi connectivity index (χ1n) is 9.61. The van der Waals surface area contributed by atoms with E-state index in [1.165, 1.54) is 11.6 Å². The van der Waals surface area contributed by atoms with Gasteiger partial charge in [-0.25, -0.2) is 10.3 Å². The molecule has 4 N–H and O–H groups in total. The topological polar surface area (TPSA) is 136 Å². The van der Waals surface area contributed by atoms with E-state index in [1.54, 1.807) is 37.3 Å². The Morgan fingerprint density at radius 1 is 1.21 bits per heavy atom. The SMILES string of the molecule is CCO[C@H](/C=C/C(=O)NO)[C@H](OC(=O)Nc1ccc2c(c1)OCO2)c1cc(Br)cc(Br)c1O. The number of halogens is 2. The lowest BCUT2D eigenvalue weighted by atomic mass is 10.0. The molecule has 1 heterocycles. The first kappa shape index (κ1) is 24.8. The smallest absolute Gasteiger partial charge is 0.412 e. The van der Waals surface area contributed by atoms with Crippen molar-refractivity contribution in [2.75, 3.05) is 18.7 Å². The van der Waals surface area contributed by atoms with Gasteiger partial charge in [-0.2, -0.15) is 0 Å². The minimum atomic E-state index is -1.17. The maximum absolute atomic E-state index is 12.8. The van der Waals surface area contributed by atoms with Crippen LogP contribution in [0.25, 0.3) is 0 Å². The van der Waals surface area contributed by atoms with Crippen molar-refractivity contribution in [3.05, 3.63) is 57.0 Å². The average Bonchev–Trinajstić information content (AvgIpc) is 3.25. The molecule has 0 aliphatic carbocycles. The molecule has 0 bridgehead atoms. The van der Waals surface area contributed by atoms with Crippen molar-refractivity contribution < 1.29 is 38.9 Å².